The highest BCUT2D eigenvalue weighted by atomic mass is 35.5. The van der Waals surface area contributed by atoms with Crippen LogP contribution in [0.1, 0.15) is 27.1 Å². The van der Waals surface area contributed by atoms with Gasteiger partial charge in [-0.2, -0.15) is 13.2 Å². The van der Waals surface area contributed by atoms with Crippen molar-refractivity contribution in [2.75, 3.05) is 7.11 Å². The van der Waals surface area contributed by atoms with Crippen LogP contribution in [0.15, 0.2) is 82.0 Å². The molecule has 3 aromatic carbocycles. The minimum absolute atomic E-state index is 0.130. The van der Waals surface area contributed by atoms with E-state index in [1.54, 1.807) is 30.3 Å². The van der Waals surface area contributed by atoms with Gasteiger partial charge < -0.3 is 18.6 Å². The highest BCUT2D eigenvalue weighted by molar-refractivity contribution is 6.30. The number of carbonyl (C=O) groups is 2. The van der Waals surface area contributed by atoms with E-state index >= 15 is 0 Å². The number of hydrogen-bond donors (Lipinski definition) is 0. The monoisotopic (exact) mass is 532 g/mol. The number of benzene rings is 3. The smallest absolute Gasteiger partial charge is 0.453 e. The maximum absolute atomic E-state index is 13.8. The van der Waals surface area contributed by atoms with E-state index in [9.17, 15) is 27.6 Å². The standard InChI is InChI=1S/C26H16ClF3O7/c1-34-24(32)15-7-9-16(10-8-15)35-22-21(31)18-12-11-17(13-19(18)37-23(22)26(28,29)30)36-25(33)20(27)14-5-3-2-4-6-14/h2-13,20H,1H3. The Morgan fingerprint density at radius 2 is 1.59 bits per heavy atom. The van der Waals surface area contributed by atoms with Crippen LogP contribution < -0.4 is 14.9 Å². The third-order valence-corrected chi connectivity index (χ3v) is 5.52. The first-order valence-electron chi connectivity index (χ1n) is 10.5. The lowest BCUT2D eigenvalue weighted by Gasteiger charge is -2.14. The highest BCUT2D eigenvalue weighted by Gasteiger charge is 2.40. The van der Waals surface area contributed by atoms with Gasteiger partial charge >= 0.3 is 18.1 Å². The summed E-state index contributed by atoms with van der Waals surface area (Å²) >= 11 is 6.13. The first-order chi connectivity index (χ1) is 17.6. The van der Waals surface area contributed by atoms with Gasteiger partial charge in [0.15, 0.2) is 5.38 Å². The van der Waals surface area contributed by atoms with Gasteiger partial charge in [-0.05, 0) is 42.0 Å². The summed E-state index contributed by atoms with van der Waals surface area (Å²) in [6.07, 6.45) is -5.10. The summed E-state index contributed by atoms with van der Waals surface area (Å²) in [5.74, 6) is -4.65. The van der Waals surface area contributed by atoms with Gasteiger partial charge in [-0.3, -0.25) is 4.79 Å². The number of ether oxygens (including phenoxy) is 3. The molecule has 1 unspecified atom stereocenters. The number of rotatable bonds is 6. The van der Waals surface area contributed by atoms with Crippen molar-refractivity contribution in [1.29, 1.82) is 0 Å². The van der Waals surface area contributed by atoms with E-state index in [2.05, 4.69) is 4.74 Å². The summed E-state index contributed by atoms with van der Waals surface area (Å²) in [6.45, 7) is 0. The topological polar surface area (TPSA) is 92.0 Å². The fraction of sp³-hybridized carbons (Fsp3) is 0.115. The van der Waals surface area contributed by atoms with Gasteiger partial charge in [-0.1, -0.05) is 30.3 Å². The molecule has 0 spiro atoms. The molecule has 0 radical (unpaired) electrons. The molecule has 7 nitrogen and oxygen atoms in total. The largest absolute Gasteiger partial charge is 0.465 e. The lowest BCUT2D eigenvalue weighted by atomic mass is 10.1. The van der Waals surface area contributed by atoms with Crippen LogP contribution in [0.5, 0.6) is 17.2 Å². The Kier molecular flexibility index (Phi) is 7.21. The van der Waals surface area contributed by atoms with Gasteiger partial charge in [0.05, 0.1) is 18.1 Å². The molecule has 0 saturated heterocycles. The number of fused-ring (bicyclic) bond motifs is 1. The van der Waals surface area contributed by atoms with E-state index in [0.29, 0.717) is 5.56 Å². The van der Waals surface area contributed by atoms with Crippen molar-refractivity contribution >= 4 is 34.5 Å². The normalized spacial score (nSPS) is 12.1. The van der Waals surface area contributed by atoms with Crippen molar-refractivity contribution < 1.29 is 41.4 Å². The molecule has 0 bridgehead atoms. The fourth-order valence-corrected chi connectivity index (χ4v) is 3.51. The van der Waals surface area contributed by atoms with E-state index < -0.39 is 46.0 Å². The Hall–Kier alpha value is -4.31. The Labute approximate surface area is 211 Å². The third-order valence-electron chi connectivity index (χ3n) is 5.09. The quantitative estimate of drug-likeness (QED) is 0.164. The molecule has 1 atom stereocenters. The van der Waals surface area contributed by atoms with E-state index in [1.807, 2.05) is 0 Å². The Morgan fingerprint density at radius 1 is 0.946 bits per heavy atom. The van der Waals surface area contributed by atoms with Crippen LogP contribution in [0.4, 0.5) is 13.2 Å². The van der Waals surface area contributed by atoms with Crippen LogP contribution in [-0.2, 0) is 15.7 Å². The third kappa shape index (κ3) is 5.59. The number of methoxy groups -OCH3 is 1. The second-order valence-corrected chi connectivity index (χ2v) is 7.99. The van der Waals surface area contributed by atoms with Gasteiger partial charge in [0.25, 0.3) is 5.76 Å². The van der Waals surface area contributed by atoms with Crippen LogP contribution >= 0.6 is 11.6 Å². The fourth-order valence-electron chi connectivity index (χ4n) is 3.32. The van der Waals surface area contributed by atoms with Crippen molar-refractivity contribution in [1.82, 2.24) is 0 Å². The lowest BCUT2D eigenvalue weighted by molar-refractivity contribution is -0.154. The van der Waals surface area contributed by atoms with Crippen molar-refractivity contribution in [3.63, 3.8) is 0 Å². The van der Waals surface area contributed by atoms with Crippen LogP contribution in [0.2, 0.25) is 0 Å². The molecule has 0 aliphatic heterocycles. The van der Waals surface area contributed by atoms with Crippen molar-refractivity contribution in [2.24, 2.45) is 0 Å². The number of halogens is 4. The molecule has 0 saturated carbocycles. The first-order valence-corrected chi connectivity index (χ1v) is 11.0. The molecule has 0 aliphatic carbocycles. The van der Waals surface area contributed by atoms with Crippen molar-refractivity contribution in [3.05, 3.63) is 99.9 Å². The van der Waals surface area contributed by atoms with E-state index in [0.717, 1.165) is 12.1 Å². The minimum Gasteiger partial charge on any atom is -0.465 e. The molecular weight excluding hydrogens is 517 g/mol. The summed E-state index contributed by atoms with van der Waals surface area (Å²) < 4.78 is 61.4. The molecule has 0 aliphatic rings. The summed E-state index contributed by atoms with van der Waals surface area (Å²) in [4.78, 5) is 36.9. The van der Waals surface area contributed by atoms with Gasteiger partial charge in [0.1, 0.15) is 17.1 Å². The predicted octanol–water partition coefficient (Wildman–Crippen LogP) is 6.28. The van der Waals surface area contributed by atoms with Gasteiger partial charge in [-0.25, -0.2) is 9.59 Å². The second-order valence-electron chi connectivity index (χ2n) is 7.56. The molecule has 4 aromatic rings. The lowest BCUT2D eigenvalue weighted by Crippen LogP contribution is -2.16. The van der Waals surface area contributed by atoms with Crippen LogP contribution in [0, 0.1) is 0 Å². The zero-order valence-corrected chi connectivity index (χ0v) is 19.6. The predicted molar refractivity (Wildman–Crippen MR) is 126 cm³/mol. The first kappa shape index (κ1) is 25.8. The zero-order chi connectivity index (χ0) is 26.7. The van der Waals surface area contributed by atoms with Crippen LogP contribution in [0.25, 0.3) is 11.0 Å². The van der Waals surface area contributed by atoms with E-state index in [-0.39, 0.29) is 22.4 Å². The van der Waals surface area contributed by atoms with Gasteiger partial charge in [0, 0.05) is 6.07 Å². The number of esters is 2. The number of alkyl halides is 4. The van der Waals surface area contributed by atoms with Crippen LogP contribution in [0.3, 0.4) is 0 Å². The summed E-state index contributed by atoms with van der Waals surface area (Å²) in [5.41, 5.74) is -1.00. The molecule has 0 amide bonds. The van der Waals surface area contributed by atoms with Crippen molar-refractivity contribution in [3.8, 4) is 17.2 Å². The Bertz CT molecular complexity index is 1510. The molecule has 190 valence electrons. The zero-order valence-electron chi connectivity index (χ0n) is 18.9. The summed E-state index contributed by atoms with van der Waals surface area (Å²) in [6, 6.07) is 16.6. The van der Waals surface area contributed by atoms with Gasteiger partial charge in [-0.15, -0.1) is 11.6 Å². The maximum Gasteiger partial charge on any atom is 0.453 e. The van der Waals surface area contributed by atoms with E-state index in [1.165, 1.54) is 37.4 Å². The molecule has 37 heavy (non-hydrogen) atoms. The molecular formula is C26H16ClF3O7. The number of hydrogen-bond acceptors (Lipinski definition) is 7. The SMILES string of the molecule is COC(=O)c1ccc(Oc2c(C(F)(F)F)oc3cc(OC(=O)C(Cl)c4ccccc4)ccc3c2=O)cc1. The summed E-state index contributed by atoms with van der Waals surface area (Å²) in [7, 11) is 1.17. The minimum atomic E-state index is -5.10. The second kappa shape index (κ2) is 10.4. The Morgan fingerprint density at radius 3 is 2.22 bits per heavy atom. The average molecular weight is 533 g/mol. The number of carbonyl (C=O) groups excluding carboxylic acids is 2. The van der Waals surface area contributed by atoms with E-state index in [4.69, 9.17) is 25.5 Å². The molecule has 0 fully saturated rings. The van der Waals surface area contributed by atoms with Crippen molar-refractivity contribution in [2.45, 2.75) is 11.6 Å². The molecule has 11 heteroatoms. The molecule has 4 rings (SSSR count). The molecule has 0 N–H and O–H groups in total. The maximum atomic E-state index is 13.8. The Balaban J connectivity index is 1.68. The highest BCUT2D eigenvalue weighted by Crippen LogP contribution is 2.39. The summed E-state index contributed by atoms with van der Waals surface area (Å²) in [5, 5.41) is -1.42. The average Bonchev–Trinajstić information content (AvgIpc) is 2.89. The van der Waals surface area contributed by atoms with Gasteiger partial charge in [0.2, 0.25) is 11.2 Å². The molecule has 1 heterocycles. The van der Waals surface area contributed by atoms with Crippen LogP contribution in [-0.4, -0.2) is 19.0 Å². The molecule has 1 aromatic heterocycles.